The van der Waals surface area contributed by atoms with Crippen LogP contribution in [0.5, 0.6) is 0 Å². The summed E-state index contributed by atoms with van der Waals surface area (Å²) in [5.74, 6) is -0.189. The van der Waals surface area contributed by atoms with Gasteiger partial charge in [0.05, 0.1) is 11.4 Å². The van der Waals surface area contributed by atoms with E-state index >= 15 is 0 Å². The normalized spacial score (nSPS) is 20.4. The summed E-state index contributed by atoms with van der Waals surface area (Å²) in [5, 5.41) is 9.85. The lowest BCUT2D eigenvalue weighted by molar-refractivity contribution is -0.119. The number of benzene rings is 2. The zero-order valence-corrected chi connectivity index (χ0v) is 18.7. The standard InChI is InChI=1S/C22H21ClN4OS2/c1-27-18-10-9-15(23)12-17(18)19(14-6-3-2-4-7-14)25-20(21(27)28)26-22(29)24-13-16-8-5-11-30-16/h2-7,9-12,16,20H,8,13H2,1H3,(H2,24,26,29). The van der Waals surface area contributed by atoms with Gasteiger partial charge in [0.2, 0.25) is 6.17 Å². The summed E-state index contributed by atoms with van der Waals surface area (Å²) in [4.78, 5) is 19.6. The van der Waals surface area contributed by atoms with E-state index in [0.717, 1.165) is 29.8 Å². The van der Waals surface area contributed by atoms with Crippen molar-refractivity contribution in [3.05, 3.63) is 76.2 Å². The number of fused-ring (bicyclic) bond motifs is 1. The molecule has 0 saturated carbocycles. The van der Waals surface area contributed by atoms with Crippen LogP contribution in [0, 0.1) is 0 Å². The van der Waals surface area contributed by atoms with Crippen LogP contribution in [0.2, 0.25) is 5.02 Å². The van der Waals surface area contributed by atoms with Gasteiger partial charge in [0, 0.05) is 35.0 Å². The summed E-state index contributed by atoms with van der Waals surface area (Å²) in [7, 11) is 1.74. The smallest absolute Gasteiger partial charge is 0.272 e. The van der Waals surface area contributed by atoms with Crippen LogP contribution in [0.1, 0.15) is 17.5 Å². The number of hydrogen-bond donors (Lipinski definition) is 2. The molecule has 2 atom stereocenters. The van der Waals surface area contributed by atoms with Crippen molar-refractivity contribution in [3.63, 3.8) is 0 Å². The Labute approximate surface area is 190 Å². The molecule has 2 N–H and O–H groups in total. The van der Waals surface area contributed by atoms with Gasteiger partial charge < -0.3 is 15.5 Å². The molecule has 2 heterocycles. The highest BCUT2D eigenvalue weighted by atomic mass is 35.5. The van der Waals surface area contributed by atoms with Crippen molar-refractivity contribution in [2.45, 2.75) is 17.8 Å². The first-order valence-corrected chi connectivity index (χ1v) is 11.3. The van der Waals surface area contributed by atoms with E-state index in [-0.39, 0.29) is 5.91 Å². The molecule has 2 aromatic rings. The van der Waals surface area contributed by atoms with Gasteiger partial charge in [-0.1, -0.05) is 48.0 Å². The number of thiocarbonyl (C=S) groups is 1. The number of carbonyl (C=O) groups is 1. The Morgan fingerprint density at radius 1 is 1.30 bits per heavy atom. The SMILES string of the molecule is CN1C(=O)C(NC(=S)NCC2CC=CS2)N=C(c2ccccc2)c2cc(Cl)ccc21. The monoisotopic (exact) mass is 456 g/mol. The molecule has 4 rings (SSSR count). The Morgan fingerprint density at radius 2 is 2.10 bits per heavy atom. The van der Waals surface area contributed by atoms with Gasteiger partial charge in [-0.2, -0.15) is 0 Å². The molecule has 0 bridgehead atoms. The summed E-state index contributed by atoms with van der Waals surface area (Å²) in [5.41, 5.74) is 3.16. The number of amides is 1. The van der Waals surface area contributed by atoms with Crippen molar-refractivity contribution in [2.75, 3.05) is 18.5 Å². The number of rotatable bonds is 4. The maximum Gasteiger partial charge on any atom is 0.272 e. The number of allylic oxidation sites excluding steroid dienone is 1. The molecule has 2 unspecified atom stereocenters. The molecule has 2 aliphatic rings. The number of benzodiazepines with no additional fused rings is 1. The van der Waals surface area contributed by atoms with Crippen LogP contribution in [0.15, 0.2) is 65.0 Å². The highest BCUT2D eigenvalue weighted by Crippen LogP contribution is 2.30. The predicted molar refractivity (Wildman–Crippen MR) is 130 cm³/mol. The molecular weight excluding hydrogens is 436 g/mol. The fraction of sp³-hybridized carbons (Fsp3) is 0.227. The Bertz CT molecular complexity index is 1020. The molecule has 0 aliphatic carbocycles. The first-order valence-electron chi connectivity index (χ1n) is 9.58. The van der Waals surface area contributed by atoms with E-state index in [1.165, 1.54) is 0 Å². The van der Waals surface area contributed by atoms with Gasteiger partial charge in [-0.3, -0.25) is 4.79 Å². The fourth-order valence-corrected chi connectivity index (χ4v) is 4.62. The van der Waals surface area contributed by atoms with E-state index in [9.17, 15) is 4.79 Å². The molecule has 1 amide bonds. The number of aliphatic imine (C=N–C) groups is 1. The lowest BCUT2D eigenvalue weighted by atomic mass is 10.0. The van der Waals surface area contributed by atoms with Crippen molar-refractivity contribution in [1.29, 1.82) is 0 Å². The minimum Gasteiger partial charge on any atom is -0.362 e. The Morgan fingerprint density at radius 3 is 2.83 bits per heavy atom. The summed E-state index contributed by atoms with van der Waals surface area (Å²) in [6.45, 7) is 0.728. The number of likely N-dealkylation sites (N-methyl/N-ethyl adjacent to an activating group) is 1. The van der Waals surface area contributed by atoms with Crippen molar-refractivity contribution in [3.8, 4) is 0 Å². The van der Waals surface area contributed by atoms with Gasteiger partial charge >= 0.3 is 0 Å². The largest absolute Gasteiger partial charge is 0.362 e. The van der Waals surface area contributed by atoms with Crippen LogP contribution in [-0.4, -0.2) is 41.7 Å². The predicted octanol–water partition coefficient (Wildman–Crippen LogP) is 3.96. The van der Waals surface area contributed by atoms with Crippen LogP contribution in [-0.2, 0) is 4.79 Å². The summed E-state index contributed by atoms with van der Waals surface area (Å²) in [6, 6.07) is 15.2. The third kappa shape index (κ3) is 4.53. The van der Waals surface area contributed by atoms with Gasteiger partial charge in [-0.15, -0.1) is 11.8 Å². The topological polar surface area (TPSA) is 56.7 Å². The average Bonchev–Trinajstić information content (AvgIpc) is 3.25. The summed E-state index contributed by atoms with van der Waals surface area (Å²) in [6.07, 6.45) is 2.32. The highest BCUT2D eigenvalue weighted by Gasteiger charge is 2.30. The molecule has 2 aromatic carbocycles. The van der Waals surface area contributed by atoms with Crippen LogP contribution >= 0.6 is 35.6 Å². The number of nitrogens with one attached hydrogen (secondary N) is 2. The minimum absolute atomic E-state index is 0.189. The molecule has 30 heavy (non-hydrogen) atoms. The lowest BCUT2D eigenvalue weighted by Gasteiger charge is -2.22. The van der Waals surface area contributed by atoms with Crippen molar-refractivity contribution >= 4 is 58.0 Å². The molecule has 5 nitrogen and oxygen atoms in total. The Kier molecular flexibility index (Phi) is 6.41. The average molecular weight is 457 g/mol. The Hall–Kier alpha value is -2.35. The Balaban J connectivity index is 1.64. The van der Waals surface area contributed by atoms with E-state index < -0.39 is 6.17 Å². The first kappa shape index (κ1) is 20.9. The molecular formula is C22H21ClN4OS2. The van der Waals surface area contributed by atoms with E-state index in [1.54, 1.807) is 29.8 Å². The van der Waals surface area contributed by atoms with Crippen LogP contribution in [0.3, 0.4) is 0 Å². The van der Waals surface area contributed by atoms with Crippen LogP contribution < -0.4 is 15.5 Å². The number of anilines is 1. The number of nitrogens with zero attached hydrogens (tertiary/aromatic N) is 2. The second kappa shape index (κ2) is 9.20. The van der Waals surface area contributed by atoms with Gasteiger partial charge in [0.15, 0.2) is 5.11 Å². The molecule has 154 valence electrons. The third-order valence-electron chi connectivity index (χ3n) is 4.97. The van der Waals surface area contributed by atoms with Crippen molar-refractivity contribution < 1.29 is 4.79 Å². The van der Waals surface area contributed by atoms with Crippen molar-refractivity contribution in [1.82, 2.24) is 10.6 Å². The summed E-state index contributed by atoms with van der Waals surface area (Å²) >= 11 is 13.5. The molecule has 0 aromatic heterocycles. The van der Waals surface area contributed by atoms with Crippen LogP contribution in [0.4, 0.5) is 5.69 Å². The third-order valence-corrected chi connectivity index (χ3v) is 6.56. The summed E-state index contributed by atoms with van der Waals surface area (Å²) < 4.78 is 0. The highest BCUT2D eigenvalue weighted by molar-refractivity contribution is 8.03. The number of halogens is 1. The lowest BCUT2D eigenvalue weighted by Crippen LogP contribution is -2.50. The van der Waals surface area contributed by atoms with E-state index in [0.29, 0.717) is 21.1 Å². The molecule has 0 radical (unpaired) electrons. The fourth-order valence-electron chi connectivity index (χ4n) is 3.41. The van der Waals surface area contributed by atoms with E-state index in [1.807, 2.05) is 42.5 Å². The quantitative estimate of drug-likeness (QED) is 0.682. The van der Waals surface area contributed by atoms with E-state index in [4.69, 9.17) is 28.8 Å². The van der Waals surface area contributed by atoms with Gasteiger partial charge in [-0.05, 0) is 42.2 Å². The molecule has 0 fully saturated rings. The number of hydrogen-bond acceptors (Lipinski definition) is 4. The molecule has 8 heteroatoms. The van der Waals surface area contributed by atoms with Gasteiger partial charge in [0.1, 0.15) is 0 Å². The number of thioether (sulfide) groups is 1. The van der Waals surface area contributed by atoms with Gasteiger partial charge in [0.25, 0.3) is 5.91 Å². The second-order valence-corrected chi connectivity index (χ2v) is 9.08. The molecule has 2 aliphatic heterocycles. The van der Waals surface area contributed by atoms with Crippen LogP contribution in [0.25, 0.3) is 0 Å². The van der Waals surface area contributed by atoms with Gasteiger partial charge in [-0.25, -0.2) is 4.99 Å². The second-order valence-electron chi connectivity index (χ2n) is 7.02. The number of carbonyl (C=O) groups excluding carboxylic acids is 1. The van der Waals surface area contributed by atoms with Crippen molar-refractivity contribution in [2.24, 2.45) is 4.99 Å². The zero-order valence-electron chi connectivity index (χ0n) is 16.3. The maximum absolute atomic E-state index is 13.2. The maximum atomic E-state index is 13.2. The molecule has 0 spiro atoms. The minimum atomic E-state index is -0.842. The van der Waals surface area contributed by atoms with E-state index in [2.05, 4.69) is 22.1 Å². The first-order chi connectivity index (χ1) is 14.5. The molecule has 0 saturated heterocycles. The zero-order chi connectivity index (χ0) is 21.1.